The van der Waals surface area contributed by atoms with Gasteiger partial charge in [-0.25, -0.2) is 0 Å². The third-order valence-electron chi connectivity index (χ3n) is 10.4. The van der Waals surface area contributed by atoms with E-state index in [-0.39, 0.29) is 0 Å². The smallest absolute Gasteiger partial charge is 0.269 e. The van der Waals surface area contributed by atoms with Crippen molar-refractivity contribution in [2.75, 3.05) is 0 Å². The van der Waals surface area contributed by atoms with Crippen molar-refractivity contribution in [3.05, 3.63) is 0 Å². The van der Waals surface area contributed by atoms with Crippen LogP contribution in [0.3, 0.4) is 0 Å². The van der Waals surface area contributed by atoms with Gasteiger partial charge in [0.2, 0.25) is 0 Å². The molecule has 8 bridgehead atoms. The molecular weight excluding hydrogens is 672 g/mol. The molecule has 0 unspecified atom stereocenters. The Labute approximate surface area is 313 Å². The Morgan fingerprint density at radius 1 is 0.192 bits per heavy atom. The average Bonchev–Trinajstić information content (AvgIpc) is 3.08. The van der Waals surface area contributed by atoms with Gasteiger partial charge in [-0.1, -0.05) is 107 Å². The summed E-state index contributed by atoms with van der Waals surface area (Å²) in [5.74, 6) is -14.7. The summed E-state index contributed by atoms with van der Waals surface area (Å²) in [6.07, 6.45) is 14.5. The second-order valence-electron chi connectivity index (χ2n) is 15.5. The molecule has 0 aromatic carbocycles. The second kappa shape index (κ2) is 17.8. The largest absolute Gasteiger partial charge is 0.295 e. The maximum Gasteiger partial charge on any atom is 0.295 e. The Kier molecular flexibility index (Phi) is 14.6. The molecular formula is C40H72O12. The van der Waals surface area contributed by atoms with Crippen LogP contribution in [0.1, 0.15) is 209 Å². The topological polar surface area (TPSA) is 111 Å². The Balaban J connectivity index is 1.88. The normalized spacial score (nSPS) is 41.1. The molecule has 6 aliphatic rings. The monoisotopic (exact) mass is 745 g/mol. The van der Waals surface area contributed by atoms with E-state index in [1.54, 1.807) is 0 Å². The molecule has 6 saturated heterocycles. The first-order valence-electron chi connectivity index (χ1n) is 21.4. The lowest BCUT2D eigenvalue weighted by Crippen LogP contribution is -2.79. The summed E-state index contributed by atoms with van der Waals surface area (Å²) < 4.78 is 87.3. The first kappa shape index (κ1) is 42.7. The molecule has 0 N–H and O–H groups in total. The highest BCUT2D eigenvalue weighted by atomic mass is 17.2. The lowest BCUT2D eigenvalue weighted by Gasteiger charge is -2.66. The van der Waals surface area contributed by atoms with Crippen molar-refractivity contribution in [3.63, 3.8) is 0 Å². The van der Waals surface area contributed by atoms with E-state index in [1.807, 2.05) is 0 Å². The molecule has 12 nitrogen and oxygen atoms in total. The molecule has 6 aliphatic heterocycles. The summed E-state index contributed by atoms with van der Waals surface area (Å²) in [4.78, 5) is 0. The van der Waals surface area contributed by atoms with Crippen molar-refractivity contribution in [1.29, 1.82) is 0 Å². The van der Waals surface area contributed by atoms with Gasteiger partial charge in [0.25, 0.3) is 47.8 Å². The quantitative estimate of drug-likeness (QED) is 0.0937. The van der Waals surface area contributed by atoms with E-state index in [2.05, 4.69) is 55.4 Å². The molecule has 0 amide bonds. The van der Waals surface area contributed by atoms with Gasteiger partial charge in [-0.05, 0) is 51.4 Å². The predicted molar refractivity (Wildman–Crippen MR) is 191 cm³/mol. The highest BCUT2D eigenvalue weighted by molar-refractivity contribution is 4.90. The van der Waals surface area contributed by atoms with Gasteiger partial charge >= 0.3 is 0 Å². The number of unbranched alkanes of at least 4 members (excludes halogenated alkanes) is 8. The predicted octanol–water partition coefficient (Wildman–Crippen LogP) is 11.0. The fraction of sp³-hybridized carbons (Fsp3) is 1.00. The Morgan fingerprint density at radius 2 is 0.288 bits per heavy atom. The van der Waals surface area contributed by atoms with E-state index in [1.165, 1.54) is 0 Å². The van der Waals surface area contributed by atoms with Gasteiger partial charge in [-0.3, -0.25) is 56.8 Å². The van der Waals surface area contributed by atoms with Crippen LogP contribution >= 0.6 is 0 Å². The van der Waals surface area contributed by atoms with Gasteiger partial charge in [0.1, 0.15) is 0 Å². The number of hydrogen-bond donors (Lipinski definition) is 0. The SMILES string of the molecule is CCCCC12OC3(CCCC)OC4(CCCC)OC(CCCC)(O1)OC1(CCCC)OC(CCCC)(O2)OC(CCCC)(O3)OC(CCCC)(O4)O1. The van der Waals surface area contributed by atoms with Crippen LogP contribution in [0, 0.1) is 0 Å². The summed E-state index contributed by atoms with van der Waals surface area (Å²) in [5.41, 5.74) is 0. The van der Waals surface area contributed by atoms with Crippen LogP contribution in [-0.4, -0.2) is 47.8 Å². The van der Waals surface area contributed by atoms with Crippen LogP contribution in [0.5, 0.6) is 0 Å². The summed E-state index contributed by atoms with van der Waals surface area (Å²) >= 11 is 0. The van der Waals surface area contributed by atoms with Gasteiger partial charge in [0.15, 0.2) is 0 Å². The third-order valence-corrected chi connectivity index (χ3v) is 10.4. The van der Waals surface area contributed by atoms with Crippen molar-refractivity contribution in [2.24, 2.45) is 0 Å². The van der Waals surface area contributed by atoms with Crippen molar-refractivity contribution in [2.45, 2.75) is 257 Å². The lowest BCUT2D eigenvalue weighted by atomic mass is 10.1. The van der Waals surface area contributed by atoms with Gasteiger partial charge in [-0.15, -0.1) is 0 Å². The summed E-state index contributed by atoms with van der Waals surface area (Å²) in [7, 11) is 0. The van der Waals surface area contributed by atoms with E-state index >= 15 is 0 Å². The lowest BCUT2D eigenvalue weighted by molar-refractivity contribution is -0.793. The molecule has 6 fully saturated rings. The van der Waals surface area contributed by atoms with Crippen molar-refractivity contribution in [3.8, 4) is 0 Å². The number of hydrogen-bond acceptors (Lipinski definition) is 12. The molecule has 0 saturated carbocycles. The van der Waals surface area contributed by atoms with Crippen LogP contribution < -0.4 is 0 Å². The van der Waals surface area contributed by atoms with E-state index in [4.69, 9.17) is 56.8 Å². The van der Waals surface area contributed by atoms with Crippen LogP contribution in [0.2, 0.25) is 0 Å². The van der Waals surface area contributed by atoms with Gasteiger partial charge in [-0.2, -0.15) is 0 Å². The first-order chi connectivity index (χ1) is 25.0. The summed E-state index contributed by atoms with van der Waals surface area (Å²) in [6, 6.07) is 0. The van der Waals surface area contributed by atoms with Crippen molar-refractivity contribution < 1.29 is 56.8 Å². The molecule has 52 heavy (non-hydrogen) atoms. The number of rotatable bonds is 24. The summed E-state index contributed by atoms with van der Waals surface area (Å²) in [6.45, 7) is 16.9. The minimum Gasteiger partial charge on any atom is -0.269 e. The Morgan fingerprint density at radius 3 is 0.365 bits per heavy atom. The van der Waals surface area contributed by atoms with Gasteiger partial charge < -0.3 is 0 Å². The molecule has 6 heterocycles. The summed E-state index contributed by atoms with van der Waals surface area (Å²) in [5, 5.41) is 0. The van der Waals surface area contributed by atoms with E-state index in [0.29, 0.717) is 103 Å². The van der Waals surface area contributed by atoms with Crippen molar-refractivity contribution >= 4 is 0 Å². The zero-order chi connectivity index (χ0) is 37.5. The fourth-order valence-electron chi connectivity index (χ4n) is 7.71. The molecule has 0 radical (unpaired) electrons. The first-order valence-corrected chi connectivity index (χ1v) is 21.4. The molecule has 6 rings (SSSR count). The zero-order valence-corrected chi connectivity index (χ0v) is 33.9. The fourth-order valence-corrected chi connectivity index (χ4v) is 7.71. The molecule has 0 spiro atoms. The zero-order valence-electron chi connectivity index (χ0n) is 33.9. The van der Waals surface area contributed by atoms with Crippen LogP contribution in [0.4, 0.5) is 0 Å². The minimum atomic E-state index is -1.84. The molecule has 0 aromatic rings. The molecule has 0 atom stereocenters. The van der Waals surface area contributed by atoms with E-state index in [9.17, 15) is 0 Å². The maximum atomic E-state index is 7.27. The highest BCUT2D eigenvalue weighted by Gasteiger charge is 2.76. The van der Waals surface area contributed by atoms with Crippen LogP contribution in [-0.2, 0) is 56.8 Å². The molecule has 304 valence electrons. The van der Waals surface area contributed by atoms with E-state index in [0.717, 1.165) is 51.4 Å². The standard InChI is InChI=1S/C40H72O12/c1-9-17-25-33-41-34(26-18-10-2)44-37(29-21-13-5)46-35(42-33,27-19-11-3)48-39(31-23-15-7)49-36(43-33,28-20-12-4)47-38(45-34,30-22-14-6)51-40(50-37,52-39)32-24-16-8/h9-32H2,1-8H3. The Bertz CT molecular complexity index is 779. The third kappa shape index (κ3) is 9.37. The maximum absolute atomic E-state index is 7.27. The minimum absolute atomic E-state index is 0.292. The molecule has 0 aliphatic carbocycles. The molecule has 12 heteroatoms. The van der Waals surface area contributed by atoms with Crippen LogP contribution in [0.15, 0.2) is 0 Å². The molecule has 0 aromatic heterocycles. The highest BCUT2D eigenvalue weighted by Crippen LogP contribution is 2.61. The van der Waals surface area contributed by atoms with Crippen LogP contribution in [0.25, 0.3) is 0 Å². The Hall–Kier alpha value is -0.480. The van der Waals surface area contributed by atoms with Gasteiger partial charge in [0.05, 0.1) is 0 Å². The van der Waals surface area contributed by atoms with E-state index < -0.39 is 47.8 Å². The average molecular weight is 745 g/mol. The second-order valence-corrected chi connectivity index (χ2v) is 15.5. The van der Waals surface area contributed by atoms with Crippen molar-refractivity contribution in [1.82, 2.24) is 0 Å². The van der Waals surface area contributed by atoms with Gasteiger partial charge in [0, 0.05) is 51.4 Å². The number of ether oxygens (including phenoxy) is 12.